The second-order valence-electron chi connectivity index (χ2n) is 8.50. The number of likely N-dealkylation sites (N-methyl/N-ethyl adjacent to an activating group) is 1. The number of hydrogen-bond donors (Lipinski definition) is 2. The van der Waals surface area contributed by atoms with Crippen molar-refractivity contribution in [3.63, 3.8) is 0 Å². The van der Waals surface area contributed by atoms with Crippen LogP contribution in [0.5, 0.6) is 5.88 Å². The number of aromatic nitrogens is 5. The Hall–Kier alpha value is -3.76. The minimum Gasteiger partial charge on any atom is -0.480 e. The summed E-state index contributed by atoms with van der Waals surface area (Å²) in [5.74, 6) is 1.47. The number of alkyl halides is 2. The molecular weight excluding hydrogens is 444 g/mol. The minimum atomic E-state index is -2.48. The van der Waals surface area contributed by atoms with Gasteiger partial charge in [0.25, 0.3) is 6.43 Å². The summed E-state index contributed by atoms with van der Waals surface area (Å²) >= 11 is 0. The number of piperidine rings is 1. The average Bonchev–Trinajstić information content (AvgIpc) is 3.36. The number of aryl methyl sites for hydroxylation is 1. The Balaban J connectivity index is 1.52. The molecule has 1 fully saturated rings. The molecule has 4 heterocycles. The van der Waals surface area contributed by atoms with Crippen molar-refractivity contribution in [3.8, 4) is 17.0 Å². The monoisotopic (exact) mass is 469 g/mol. The van der Waals surface area contributed by atoms with Gasteiger partial charge in [-0.3, -0.25) is 4.79 Å². The van der Waals surface area contributed by atoms with Gasteiger partial charge in [0.05, 0.1) is 30.1 Å². The highest BCUT2D eigenvalue weighted by atomic mass is 19.3. The zero-order chi connectivity index (χ0) is 24.0. The molecule has 0 bridgehead atoms. The van der Waals surface area contributed by atoms with E-state index in [9.17, 15) is 13.6 Å². The fourth-order valence-electron chi connectivity index (χ4n) is 4.53. The standard InChI is InChI=1S/C23H25F2N7O2/c1-12-27-16-6-4-13(8-17(16)32(12)11-18(24)25)15-9-26-21-20(15)22(34-3)30-23(29-21)28-14-5-7-19(33)31(2)10-14/h4,6,8-9,14,18H,5,7,10-11H2,1-3H3,(H2,26,28,29,30)/t14-/m0/s1. The number of aromatic amines is 1. The fraction of sp³-hybridized carbons (Fsp3) is 0.391. The molecule has 2 N–H and O–H groups in total. The Morgan fingerprint density at radius 2 is 2.12 bits per heavy atom. The molecular formula is C23H25F2N7O2. The van der Waals surface area contributed by atoms with E-state index >= 15 is 0 Å². The number of imidazole rings is 1. The first kappa shape index (κ1) is 22.1. The molecule has 1 aromatic carbocycles. The average molecular weight is 469 g/mol. The highest BCUT2D eigenvalue weighted by Crippen LogP contribution is 2.36. The maximum atomic E-state index is 13.1. The number of nitrogens with one attached hydrogen (secondary N) is 2. The Morgan fingerprint density at radius 3 is 2.85 bits per heavy atom. The van der Waals surface area contributed by atoms with Crippen molar-refractivity contribution in [2.24, 2.45) is 0 Å². The van der Waals surface area contributed by atoms with Crippen LogP contribution in [0.2, 0.25) is 0 Å². The van der Waals surface area contributed by atoms with E-state index in [1.54, 1.807) is 32.2 Å². The van der Waals surface area contributed by atoms with Crippen molar-refractivity contribution in [1.82, 2.24) is 29.4 Å². The van der Waals surface area contributed by atoms with E-state index in [1.807, 2.05) is 18.2 Å². The number of anilines is 1. The second kappa shape index (κ2) is 8.54. The van der Waals surface area contributed by atoms with E-state index in [4.69, 9.17) is 4.74 Å². The van der Waals surface area contributed by atoms with Crippen molar-refractivity contribution in [1.29, 1.82) is 0 Å². The Labute approximate surface area is 194 Å². The summed E-state index contributed by atoms with van der Waals surface area (Å²) in [4.78, 5) is 30.2. The molecule has 1 saturated heterocycles. The molecule has 178 valence electrons. The van der Waals surface area contributed by atoms with Crippen LogP contribution in [-0.2, 0) is 11.3 Å². The number of nitrogens with zero attached hydrogens (tertiary/aromatic N) is 5. The molecule has 4 aromatic rings. The Morgan fingerprint density at radius 1 is 1.29 bits per heavy atom. The highest BCUT2D eigenvalue weighted by Gasteiger charge is 2.24. The van der Waals surface area contributed by atoms with Gasteiger partial charge in [0, 0.05) is 37.8 Å². The number of rotatable bonds is 6. The lowest BCUT2D eigenvalue weighted by atomic mass is 10.1. The molecule has 1 aliphatic rings. The predicted octanol–water partition coefficient (Wildman–Crippen LogP) is 3.59. The lowest BCUT2D eigenvalue weighted by molar-refractivity contribution is -0.132. The number of H-pyrrole nitrogens is 1. The fourth-order valence-corrected chi connectivity index (χ4v) is 4.53. The van der Waals surface area contributed by atoms with E-state index in [0.29, 0.717) is 59.1 Å². The van der Waals surface area contributed by atoms with Gasteiger partial charge in [0.2, 0.25) is 17.7 Å². The van der Waals surface area contributed by atoms with Gasteiger partial charge in [-0.15, -0.1) is 0 Å². The number of hydrogen-bond acceptors (Lipinski definition) is 6. The summed E-state index contributed by atoms with van der Waals surface area (Å²) in [5.41, 5.74) is 3.49. The largest absolute Gasteiger partial charge is 0.480 e. The number of carbonyl (C=O) groups excluding carboxylic acids is 1. The molecule has 34 heavy (non-hydrogen) atoms. The zero-order valence-corrected chi connectivity index (χ0v) is 19.1. The van der Waals surface area contributed by atoms with Crippen LogP contribution in [0, 0.1) is 6.92 Å². The second-order valence-corrected chi connectivity index (χ2v) is 8.50. The van der Waals surface area contributed by atoms with Gasteiger partial charge in [0.1, 0.15) is 11.5 Å². The first-order valence-corrected chi connectivity index (χ1v) is 11.0. The van der Waals surface area contributed by atoms with E-state index < -0.39 is 13.0 Å². The summed E-state index contributed by atoms with van der Waals surface area (Å²) in [7, 11) is 3.32. The van der Waals surface area contributed by atoms with E-state index in [0.717, 1.165) is 11.1 Å². The van der Waals surface area contributed by atoms with Gasteiger partial charge in [-0.1, -0.05) is 6.07 Å². The lowest BCUT2D eigenvalue weighted by Gasteiger charge is -2.30. The third-order valence-electron chi connectivity index (χ3n) is 6.22. The van der Waals surface area contributed by atoms with Crippen LogP contribution in [0.15, 0.2) is 24.4 Å². The third kappa shape index (κ3) is 3.91. The van der Waals surface area contributed by atoms with E-state index in [1.165, 1.54) is 4.57 Å². The van der Waals surface area contributed by atoms with E-state index in [-0.39, 0.29) is 11.9 Å². The van der Waals surface area contributed by atoms with Crippen LogP contribution >= 0.6 is 0 Å². The molecule has 5 rings (SSSR count). The third-order valence-corrected chi connectivity index (χ3v) is 6.22. The van der Waals surface area contributed by atoms with Gasteiger partial charge in [0.15, 0.2) is 0 Å². The molecule has 11 heteroatoms. The molecule has 0 aliphatic carbocycles. The number of likely N-dealkylation sites (tertiary alicyclic amines) is 1. The summed E-state index contributed by atoms with van der Waals surface area (Å²) in [6, 6.07) is 5.61. The van der Waals surface area contributed by atoms with Crippen LogP contribution in [0.4, 0.5) is 14.7 Å². The molecule has 3 aromatic heterocycles. The lowest BCUT2D eigenvalue weighted by Crippen LogP contribution is -2.43. The molecule has 0 saturated carbocycles. The predicted molar refractivity (Wildman–Crippen MR) is 124 cm³/mol. The SMILES string of the molecule is COc1nc(N[C@H]2CCC(=O)N(C)C2)nc2[nH]cc(-c3ccc4nc(C)n(CC(F)F)c4c3)c12. The number of amides is 1. The van der Waals surface area contributed by atoms with Gasteiger partial charge in [-0.2, -0.15) is 9.97 Å². The first-order valence-electron chi connectivity index (χ1n) is 11.0. The summed E-state index contributed by atoms with van der Waals surface area (Å²) in [6.07, 6.45) is 0.508. The molecule has 1 amide bonds. The molecule has 1 aliphatic heterocycles. The van der Waals surface area contributed by atoms with Crippen LogP contribution in [0.1, 0.15) is 18.7 Å². The van der Waals surface area contributed by atoms with Crippen molar-refractivity contribution in [2.45, 2.75) is 38.8 Å². The summed E-state index contributed by atoms with van der Waals surface area (Å²) < 4.78 is 33.4. The quantitative estimate of drug-likeness (QED) is 0.448. The number of methoxy groups -OCH3 is 1. The van der Waals surface area contributed by atoms with Gasteiger partial charge < -0.3 is 24.5 Å². The number of benzene rings is 1. The highest BCUT2D eigenvalue weighted by molar-refractivity contribution is 5.99. The maximum Gasteiger partial charge on any atom is 0.256 e. The Kier molecular flexibility index (Phi) is 5.54. The summed E-state index contributed by atoms with van der Waals surface area (Å²) in [5, 5.41) is 4.00. The van der Waals surface area contributed by atoms with Crippen molar-refractivity contribution >= 4 is 33.9 Å². The number of carbonyl (C=O) groups is 1. The molecule has 0 radical (unpaired) electrons. The van der Waals surface area contributed by atoms with Crippen molar-refractivity contribution in [3.05, 3.63) is 30.2 Å². The van der Waals surface area contributed by atoms with Crippen molar-refractivity contribution < 1.29 is 18.3 Å². The van der Waals surface area contributed by atoms with Crippen LogP contribution < -0.4 is 10.1 Å². The van der Waals surface area contributed by atoms with Crippen LogP contribution in [-0.4, -0.2) is 68.5 Å². The molecule has 1 atom stereocenters. The molecule has 9 nitrogen and oxygen atoms in total. The van der Waals surface area contributed by atoms with Crippen LogP contribution in [0.3, 0.4) is 0 Å². The van der Waals surface area contributed by atoms with Crippen LogP contribution in [0.25, 0.3) is 33.2 Å². The number of ether oxygens (including phenoxy) is 1. The normalized spacial score (nSPS) is 16.7. The molecule has 0 unspecified atom stereocenters. The Bertz CT molecular complexity index is 1380. The van der Waals surface area contributed by atoms with Crippen molar-refractivity contribution in [2.75, 3.05) is 26.0 Å². The smallest absolute Gasteiger partial charge is 0.256 e. The molecule has 0 spiro atoms. The summed E-state index contributed by atoms with van der Waals surface area (Å²) in [6.45, 7) is 1.88. The minimum absolute atomic E-state index is 0.0417. The number of halogens is 2. The zero-order valence-electron chi connectivity index (χ0n) is 19.1. The topological polar surface area (TPSA) is 101 Å². The van der Waals surface area contributed by atoms with Gasteiger partial charge in [-0.25, -0.2) is 13.8 Å². The maximum absolute atomic E-state index is 13.1. The first-order chi connectivity index (χ1) is 16.3. The number of fused-ring (bicyclic) bond motifs is 2. The van der Waals surface area contributed by atoms with E-state index in [2.05, 4.69) is 25.3 Å². The van der Waals surface area contributed by atoms with Gasteiger partial charge >= 0.3 is 0 Å². The van der Waals surface area contributed by atoms with Gasteiger partial charge in [-0.05, 0) is 31.0 Å².